The average molecular weight is 331 g/mol. The molecule has 0 spiro atoms. The summed E-state index contributed by atoms with van der Waals surface area (Å²) >= 11 is 5.71. The topological polar surface area (TPSA) is 125 Å². The van der Waals surface area contributed by atoms with Crippen LogP contribution in [0.1, 0.15) is 29.1 Å². The van der Waals surface area contributed by atoms with Crippen molar-refractivity contribution in [1.29, 1.82) is 0 Å². The molecule has 3 N–H and O–H groups in total. The van der Waals surface area contributed by atoms with Crippen LogP contribution in [0, 0.1) is 0 Å². The van der Waals surface area contributed by atoms with Crippen LogP contribution in [0.4, 0.5) is 0 Å². The monoisotopic (exact) mass is 330 g/mol. The standard InChI is InChI=1S/C11H11ClN4O4S/c1-6(10-13-5-14-15-10)16-21(19,20)7-2-3-9(12)8(4-7)11(17)18/h2-6,16H,1H3,(H,17,18)(H,13,14,15). The van der Waals surface area contributed by atoms with Crippen molar-refractivity contribution < 1.29 is 18.3 Å². The third kappa shape index (κ3) is 3.38. The summed E-state index contributed by atoms with van der Waals surface area (Å²) < 4.78 is 26.8. The number of nitrogens with zero attached hydrogens (tertiary/aromatic N) is 2. The maximum atomic E-state index is 12.2. The summed E-state index contributed by atoms with van der Waals surface area (Å²) in [4.78, 5) is 14.6. The molecule has 1 atom stereocenters. The first-order valence-electron chi connectivity index (χ1n) is 5.71. The third-order valence-electron chi connectivity index (χ3n) is 2.65. The van der Waals surface area contributed by atoms with Crippen molar-refractivity contribution >= 4 is 27.6 Å². The van der Waals surface area contributed by atoms with Gasteiger partial charge in [0.25, 0.3) is 0 Å². The lowest BCUT2D eigenvalue weighted by Crippen LogP contribution is -2.27. The van der Waals surface area contributed by atoms with Crippen molar-refractivity contribution in [2.75, 3.05) is 0 Å². The van der Waals surface area contributed by atoms with Gasteiger partial charge in [0.05, 0.1) is 21.5 Å². The summed E-state index contributed by atoms with van der Waals surface area (Å²) in [5, 5.41) is 15.1. The molecule has 0 saturated carbocycles. The first kappa shape index (κ1) is 15.4. The minimum Gasteiger partial charge on any atom is -0.478 e. The Bertz CT molecular complexity index is 761. The second-order valence-electron chi connectivity index (χ2n) is 4.16. The average Bonchev–Trinajstić information content (AvgIpc) is 2.92. The molecule has 21 heavy (non-hydrogen) atoms. The molecule has 1 aromatic carbocycles. The van der Waals surface area contributed by atoms with Crippen molar-refractivity contribution in [3.05, 3.63) is 40.9 Å². The van der Waals surface area contributed by atoms with Crippen LogP contribution >= 0.6 is 11.6 Å². The number of rotatable bonds is 5. The van der Waals surface area contributed by atoms with Crippen molar-refractivity contribution in [2.45, 2.75) is 17.9 Å². The van der Waals surface area contributed by atoms with Crippen LogP contribution in [0.3, 0.4) is 0 Å². The second-order valence-corrected chi connectivity index (χ2v) is 6.28. The molecule has 2 aromatic rings. The largest absolute Gasteiger partial charge is 0.478 e. The number of benzene rings is 1. The van der Waals surface area contributed by atoms with Gasteiger partial charge >= 0.3 is 5.97 Å². The van der Waals surface area contributed by atoms with E-state index < -0.39 is 22.0 Å². The molecule has 0 bridgehead atoms. The van der Waals surface area contributed by atoms with Crippen LogP contribution in [-0.2, 0) is 10.0 Å². The zero-order chi connectivity index (χ0) is 15.6. The van der Waals surface area contributed by atoms with Gasteiger partial charge in [0, 0.05) is 0 Å². The Kier molecular flexibility index (Phi) is 4.26. The summed E-state index contributed by atoms with van der Waals surface area (Å²) in [7, 11) is -3.92. The van der Waals surface area contributed by atoms with Crippen molar-refractivity contribution in [3.63, 3.8) is 0 Å². The Hall–Kier alpha value is -1.97. The predicted octanol–water partition coefficient (Wildman–Crippen LogP) is 1.20. The van der Waals surface area contributed by atoms with Crippen LogP contribution in [0.5, 0.6) is 0 Å². The summed E-state index contributed by atoms with van der Waals surface area (Å²) in [6, 6.07) is 2.80. The van der Waals surface area contributed by atoms with Crippen LogP contribution in [0.15, 0.2) is 29.4 Å². The minimum atomic E-state index is -3.92. The minimum absolute atomic E-state index is 0.0373. The highest BCUT2D eigenvalue weighted by molar-refractivity contribution is 7.89. The number of hydrogen-bond donors (Lipinski definition) is 3. The molecule has 0 saturated heterocycles. The molecule has 0 radical (unpaired) electrons. The summed E-state index contributed by atoms with van der Waals surface area (Å²) in [6.07, 6.45) is 1.25. The molecule has 0 amide bonds. The highest BCUT2D eigenvalue weighted by Crippen LogP contribution is 2.21. The SMILES string of the molecule is CC(NS(=O)(=O)c1ccc(Cl)c(C(=O)O)c1)c1ncn[nH]1. The number of sulfonamides is 1. The predicted molar refractivity (Wildman–Crippen MR) is 73.5 cm³/mol. The lowest BCUT2D eigenvalue weighted by atomic mass is 10.2. The molecule has 0 aliphatic heterocycles. The lowest BCUT2D eigenvalue weighted by Gasteiger charge is -2.12. The molecular formula is C11H11ClN4O4S. The smallest absolute Gasteiger partial charge is 0.337 e. The highest BCUT2D eigenvalue weighted by Gasteiger charge is 2.22. The fourth-order valence-corrected chi connectivity index (χ4v) is 3.05. The Morgan fingerprint density at radius 3 is 2.76 bits per heavy atom. The zero-order valence-electron chi connectivity index (χ0n) is 10.7. The van der Waals surface area contributed by atoms with Crippen LogP contribution < -0.4 is 4.72 Å². The van der Waals surface area contributed by atoms with E-state index >= 15 is 0 Å². The van der Waals surface area contributed by atoms with Gasteiger partial charge in [-0.05, 0) is 25.1 Å². The zero-order valence-corrected chi connectivity index (χ0v) is 12.3. The van der Waals surface area contributed by atoms with E-state index in [2.05, 4.69) is 19.9 Å². The number of aromatic nitrogens is 3. The van der Waals surface area contributed by atoms with E-state index in [4.69, 9.17) is 16.7 Å². The van der Waals surface area contributed by atoms with Gasteiger partial charge in [-0.25, -0.2) is 22.9 Å². The Morgan fingerprint density at radius 2 is 2.19 bits per heavy atom. The molecule has 0 aliphatic carbocycles. The summed E-state index contributed by atoms with van der Waals surface area (Å²) in [6.45, 7) is 1.58. The molecule has 0 aliphatic rings. The van der Waals surface area contributed by atoms with Crippen LogP contribution in [0.25, 0.3) is 0 Å². The van der Waals surface area contributed by atoms with Crippen molar-refractivity contribution in [2.24, 2.45) is 0 Å². The van der Waals surface area contributed by atoms with Gasteiger partial charge in [-0.2, -0.15) is 5.10 Å². The number of halogens is 1. The number of hydrogen-bond acceptors (Lipinski definition) is 5. The van der Waals surface area contributed by atoms with Gasteiger partial charge in [0.1, 0.15) is 12.2 Å². The Labute approximate surface area is 125 Å². The van der Waals surface area contributed by atoms with Gasteiger partial charge in [0.15, 0.2) is 0 Å². The van der Waals surface area contributed by atoms with Crippen LogP contribution in [-0.4, -0.2) is 34.7 Å². The second kappa shape index (κ2) is 5.80. The molecule has 2 rings (SSSR count). The van der Waals surface area contributed by atoms with Gasteiger partial charge in [-0.15, -0.1) is 0 Å². The van der Waals surface area contributed by atoms with Crippen LogP contribution in [0.2, 0.25) is 5.02 Å². The maximum Gasteiger partial charge on any atom is 0.337 e. The van der Waals surface area contributed by atoms with Gasteiger partial charge in [-0.1, -0.05) is 11.6 Å². The number of aromatic amines is 1. The van der Waals surface area contributed by atoms with E-state index in [1.807, 2.05) is 0 Å². The fourth-order valence-electron chi connectivity index (χ4n) is 1.62. The van der Waals surface area contributed by atoms with E-state index in [9.17, 15) is 13.2 Å². The third-order valence-corrected chi connectivity index (χ3v) is 4.52. The number of aromatic carboxylic acids is 1. The molecule has 0 fully saturated rings. The number of nitrogens with one attached hydrogen (secondary N) is 2. The van der Waals surface area contributed by atoms with E-state index in [1.165, 1.54) is 18.5 Å². The van der Waals surface area contributed by atoms with Crippen molar-refractivity contribution in [3.8, 4) is 0 Å². The fraction of sp³-hybridized carbons (Fsp3) is 0.182. The van der Waals surface area contributed by atoms with E-state index in [0.717, 1.165) is 6.07 Å². The molecule has 8 nitrogen and oxygen atoms in total. The van der Waals surface area contributed by atoms with Crippen molar-refractivity contribution in [1.82, 2.24) is 19.9 Å². The van der Waals surface area contributed by atoms with Gasteiger partial charge in [-0.3, -0.25) is 5.10 Å². The van der Waals surface area contributed by atoms with Gasteiger partial charge < -0.3 is 5.11 Å². The maximum absolute atomic E-state index is 12.2. The molecule has 1 aromatic heterocycles. The number of carboxylic acid groups (broad SMARTS) is 1. The first-order valence-corrected chi connectivity index (χ1v) is 7.58. The first-order chi connectivity index (χ1) is 9.81. The van der Waals surface area contributed by atoms with Gasteiger partial charge in [0.2, 0.25) is 10.0 Å². The number of carboxylic acids is 1. The van der Waals surface area contributed by atoms with E-state index in [0.29, 0.717) is 5.82 Å². The Balaban J connectivity index is 2.32. The molecular weight excluding hydrogens is 320 g/mol. The highest BCUT2D eigenvalue weighted by atomic mass is 35.5. The summed E-state index contributed by atoms with van der Waals surface area (Å²) in [5.74, 6) is -0.966. The molecule has 1 unspecified atom stereocenters. The molecule has 10 heteroatoms. The number of H-pyrrole nitrogens is 1. The van der Waals surface area contributed by atoms with E-state index in [1.54, 1.807) is 6.92 Å². The molecule has 1 heterocycles. The summed E-state index contributed by atoms with van der Waals surface area (Å²) in [5.41, 5.74) is -0.285. The molecule has 112 valence electrons. The lowest BCUT2D eigenvalue weighted by molar-refractivity contribution is 0.0697. The normalized spacial score (nSPS) is 13.0. The Morgan fingerprint density at radius 1 is 1.48 bits per heavy atom. The van der Waals surface area contributed by atoms with E-state index in [-0.39, 0.29) is 15.5 Å². The number of carbonyl (C=O) groups is 1. The quantitative estimate of drug-likeness (QED) is 0.756.